The van der Waals surface area contributed by atoms with Crippen molar-refractivity contribution in [3.8, 4) is 17.4 Å². The zero-order valence-electron chi connectivity index (χ0n) is 20.3. The minimum Gasteiger partial charge on any atom is -0.479 e. The molecule has 0 unspecified atom stereocenters. The molecule has 1 aliphatic rings. The highest BCUT2D eigenvalue weighted by Gasteiger charge is 2.43. The fourth-order valence-corrected chi connectivity index (χ4v) is 5.39. The maximum Gasteiger partial charge on any atom is 0.245 e. The van der Waals surface area contributed by atoms with E-state index in [1.165, 1.54) is 44.4 Å². The number of halogens is 3. The van der Waals surface area contributed by atoms with Gasteiger partial charge in [0.15, 0.2) is 5.69 Å². The summed E-state index contributed by atoms with van der Waals surface area (Å²) < 4.78 is 68.5. The molecule has 1 saturated carbocycles. The normalized spacial score (nSPS) is 19.2. The maximum atomic E-state index is 13.6. The lowest BCUT2D eigenvalue weighted by atomic mass is 9.73. The molecule has 1 aliphatic carbocycles. The number of nitrogens with one attached hydrogen (secondary N) is 1. The van der Waals surface area contributed by atoms with Crippen molar-refractivity contribution in [2.24, 2.45) is 5.92 Å². The van der Waals surface area contributed by atoms with Crippen LogP contribution in [0.1, 0.15) is 50.2 Å². The molecule has 0 bridgehead atoms. The third-order valence-corrected chi connectivity index (χ3v) is 8.56. The number of nitrogens with zero attached hydrogens (tertiary/aromatic N) is 7. The number of methoxy groups -OCH3 is 2. The van der Waals surface area contributed by atoms with Gasteiger partial charge in [0.2, 0.25) is 34.2 Å². The fourth-order valence-electron chi connectivity index (χ4n) is 4.06. The van der Waals surface area contributed by atoms with E-state index in [4.69, 9.17) is 21.1 Å². The van der Waals surface area contributed by atoms with Crippen LogP contribution in [0.15, 0.2) is 18.7 Å². The first kappa shape index (κ1) is 26.9. The van der Waals surface area contributed by atoms with E-state index in [9.17, 15) is 17.2 Å². The summed E-state index contributed by atoms with van der Waals surface area (Å²) >= 11 is 5.84. The van der Waals surface area contributed by atoms with Crippen molar-refractivity contribution < 1.29 is 26.7 Å². The van der Waals surface area contributed by atoms with Crippen molar-refractivity contribution in [2.75, 3.05) is 18.9 Å². The number of alkyl halides is 2. The predicted molar refractivity (Wildman–Crippen MR) is 129 cm³/mol. The van der Waals surface area contributed by atoms with E-state index in [2.05, 4.69) is 34.9 Å². The Morgan fingerprint density at radius 1 is 1.05 bits per heavy atom. The van der Waals surface area contributed by atoms with Gasteiger partial charge in [-0.3, -0.25) is 9.29 Å². The molecule has 1 fully saturated rings. The Kier molecular flexibility index (Phi) is 7.73. The predicted octanol–water partition coefficient (Wildman–Crippen LogP) is 3.21. The van der Waals surface area contributed by atoms with Crippen LogP contribution in [0.5, 0.6) is 11.8 Å². The van der Waals surface area contributed by atoms with Crippen LogP contribution in [-0.2, 0) is 10.0 Å². The van der Waals surface area contributed by atoms with Crippen LogP contribution < -0.4 is 14.2 Å². The van der Waals surface area contributed by atoms with Gasteiger partial charge in [-0.1, -0.05) is 18.5 Å². The summed E-state index contributed by atoms with van der Waals surface area (Å²) in [5, 5.41) is 7.40. The molecule has 16 heteroatoms. The molecular weight excluding hydrogens is 534 g/mol. The van der Waals surface area contributed by atoms with Crippen LogP contribution in [0.3, 0.4) is 0 Å². The Hall–Kier alpha value is -3.20. The first-order valence-electron chi connectivity index (χ1n) is 11.2. The second-order valence-electron chi connectivity index (χ2n) is 8.54. The lowest BCUT2D eigenvalue weighted by molar-refractivity contribution is 0.0139. The van der Waals surface area contributed by atoms with Crippen LogP contribution in [0.4, 0.5) is 14.7 Å². The second kappa shape index (κ2) is 10.7. The molecule has 3 heterocycles. The lowest BCUT2D eigenvalue weighted by Crippen LogP contribution is -2.33. The zero-order chi connectivity index (χ0) is 26.9. The monoisotopic (exact) mass is 558 g/mol. The third-order valence-electron chi connectivity index (χ3n) is 6.51. The summed E-state index contributed by atoms with van der Waals surface area (Å²) in [7, 11) is -1.43. The van der Waals surface area contributed by atoms with Gasteiger partial charge in [-0.2, -0.15) is 9.97 Å². The van der Waals surface area contributed by atoms with Gasteiger partial charge in [0.1, 0.15) is 18.0 Å². The Balaban J connectivity index is 1.78. The first-order valence-corrected chi connectivity index (χ1v) is 13.2. The zero-order valence-corrected chi connectivity index (χ0v) is 21.9. The van der Waals surface area contributed by atoms with Gasteiger partial charge in [-0.05, 0) is 19.8 Å². The third kappa shape index (κ3) is 5.14. The van der Waals surface area contributed by atoms with Crippen molar-refractivity contribution in [3.63, 3.8) is 0 Å². The molecule has 0 amide bonds. The largest absolute Gasteiger partial charge is 0.479 e. The first-order chi connectivity index (χ1) is 17.6. The van der Waals surface area contributed by atoms with Crippen LogP contribution in [-0.4, -0.2) is 69.0 Å². The SMILES string of the molecule is COc1ncnc(OC)c1-n1c(NS(=O)(=O)[C@@H](C)[C@H](C)c2ncc(Cl)cn2)nnc1[C@@H]1CC[C@@H]1C(F)F. The highest BCUT2D eigenvalue weighted by molar-refractivity contribution is 7.93. The van der Waals surface area contributed by atoms with E-state index in [0.29, 0.717) is 17.9 Å². The second-order valence-corrected chi connectivity index (χ2v) is 11.0. The molecule has 12 nitrogen and oxygen atoms in total. The smallest absolute Gasteiger partial charge is 0.245 e. The molecule has 4 atom stereocenters. The summed E-state index contributed by atoms with van der Waals surface area (Å²) in [4.78, 5) is 16.4. The van der Waals surface area contributed by atoms with E-state index >= 15 is 0 Å². The number of hydrogen-bond acceptors (Lipinski definition) is 10. The van der Waals surface area contributed by atoms with Crippen LogP contribution in [0.25, 0.3) is 5.69 Å². The summed E-state index contributed by atoms with van der Waals surface area (Å²) in [6.07, 6.45) is 2.07. The van der Waals surface area contributed by atoms with Crippen LogP contribution in [0.2, 0.25) is 5.02 Å². The van der Waals surface area contributed by atoms with E-state index in [-0.39, 0.29) is 35.0 Å². The Morgan fingerprint density at radius 3 is 2.19 bits per heavy atom. The summed E-state index contributed by atoms with van der Waals surface area (Å²) in [5.74, 6) is -2.12. The molecule has 3 aromatic rings. The number of anilines is 1. The molecule has 0 aromatic carbocycles. The standard InChI is InChI=1S/C21H25ClF2N8O4S/c1-10(17-25-7-12(22)8-26-17)11(2)37(33,34)31-21-30-29-18(14-6-5-13(14)16(23)24)32(21)15-19(35-3)27-9-28-20(15)36-4/h7-11,13-14,16H,5-6H2,1-4H3,(H,30,31)/t10-,11-,13-,14+/m0/s1. The van der Waals surface area contributed by atoms with Crippen molar-refractivity contribution in [2.45, 2.75) is 50.2 Å². The van der Waals surface area contributed by atoms with E-state index in [1.807, 2.05) is 0 Å². The molecule has 1 N–H and O–H groups in total. The molecule has 4 rings (SSSR count). The summed E-state index contributed by atoms with van der Waals surface area (Å²) in [6.45, 7) is 3.14. The Bertz CT molecular complexity index is 1340. The number of ether oxygens (including phenoxy) is 2. The highest BCUT2D eigenvalue weighted by Crippen LogP contribution is 2.47. The summed E-state index contributed by atoms with van der Waals surface area (Å²) in [5.41, 5.74) is 0.0758. The molecule has 0 aliphatic heterocycles. The number of rotatable bonds is 10. The van der Waals surface area contributed by atoms with Crippen molar-refractivity contribution in [1.82, 2.24) is 34.7 Å². The molecule has 200 valence electrons. The molecule has 0 spiro atoms. The van der Waals surface area contributed by atoms with Gasteiger partial charge in [0.25, 0.3) is 0 Å². The molecule has 37 heavy (non-hydrogen) atoms. The van der Waals surface area contributed by atoms with Crippen LogP contribution >= 0.6 is 11.6 Å². The van der Waals surface area contributed by atoms with E-state index < -0.39 is 39.5 Å². The van der Waals surface area contributed by atoms with Gasteiger partial charge in [-0.25, -0.2) is 27.2 Å². The van der Waals surface area contributed by atoms with E-state index in [1.54, 1.807) is 6.92 Å². The van der Waals surface area contributed by atoms with Crippen molar-refractivity contribution >= 4 is 27.6 Å². The fraction of sp³-hybridized carbons (Fsp3) is 0.524. The number of aromatic nitrogens is 7. The van der Waals surface area contributed by atoms with Gasteiger partial charge in [-0.15, -0.1) is 10.2 Å². The topological polar surface area (TPSA) is 147 Å². The highest BCUT2D eigenvalue weighted by atomic mass is 35.5. The van der Waals surface area contributed by atoms with E-state index in [0.717, 1.165) is 0 Å². The Morgan fingerprint density at radius 2 is 1.68 bits per heavy atom. The molecular formula is C21H25ClF2N8O4S. The average Bonchev–Trinajstić information content (AvgIpc) is 3.23. The minimum absolute atomic E-state index is 0.0113. The van der Waals surface area contributed by atoms with Crippen LogP contribution in [0, 0.1) is 5.92 Å². The van der Waals surface area contributed by atoms with Crippen molar-refractivity contribution in [3.05, 3.63) is 35.4 Å². The van der Waals surface area contributed by atoms with Crippen molar-refractivity contribution in [1.29, 1.82) is 0 Å². The Labute approximate surface area is 216 Å². The minimum atomic E-state index is -4.13. The average molecular weight is 559 g/mol. The number of sulfonamides is 1. The lowest BCUT2D eigenvalue weighted by Gasteiger charge is -2.35. The number of hydrogen-bond donors (Lipinski definition) is 1. The molecule has 3 aromatic heterocycles. The van der Waals surface area contributed by atoms with Gasteiger partial charge < -0.3 is 9.47 Å². The molecule has 0 saturated heterocycles. The van der Waals surface area contributed by atoms with Gasteiger partial charge in [0.05, 0.1) is 24.5 Å². The van der Waals surface area contributed by atoms with Gasteiger partial charge >= 0.3 is 0 Å². The summed E-state index contributed by atoms with van der Waals surface area (Å²) in [6, 6.07) is 0. The molecule has 0 radical (unpaired) electrons. The van der Waals surface area contributed by atoms with Gasteiger partial charge in [0, 0.05) is 30.1 Å². The maximum absolute atomic E-state index is 13.6. The quantitative estimate of drug-likeness (QED) is 0.393.